The standard InChI is InChI=1S/C38H34BrClFN3O7/c39-21-7-16-30(45)28(18-21)33-25-14-15-26-32(36(50)43(34(26)48)17-3-1-2-4-31(46)47)27(25)19-29-35(49)44(42-24-12-10-23(41)11-13-24)37(51)38(29,33)20-5-8-22(40)9-6-20/h5-14,16,18,26-27,29,32-33,42,45H,1-4,15,17,19H2,(H,46,47)/t26-,27+,29-,32-,33+,38+/m0/s1. The number of fused-ring (bicyclic) bond motifs is 4. The Morgan fingerprint density at radius 1 is 0.941 bits per heavy atom. The molecule has 10 nitrogen and oxygen atoms in total. The molecule has 0 radical (unpaired) electrons. The Hall–Kier alpha value is -4.55. The van der Waals surface area contributed by atoms with Gasteiger partial charge in [-0.2, -0.15) is 5.01 Å². The second kappa shape index (κ2) is 13.5. The molecule has 2 saturated heterocycles. The van der Waals surface area contributed by atoms with Crippen LogP contribution >= 0.6 is 27.5 Å². The highest BCUT2D eigenvalue weighted by Crippen LogP contribution is 2.65. The molecular formula is C38H34BrClFN3O7. The van der Waals surface area contributed by atoms with E-state index >= 15 is 4.79 Å². The van der Waals surface area contributed by atoms with E-state index in [9.17, 15) is 28.7 Å². The Morgan fingerprint density at radius 3 is 2.37 bits per heavy atom. The zero-order chi connectivity index (χ0) is 36.2. The Morgan fingerprint density at radius 2 is 1.67 bits per heavy atom. The molecule has 6 atom stereocenters. The third kappa shape index (κ3) is 5.82. The molecular weight excluding hydrogens is 745 g/mol. The quantitative estimate of drug-likeness (QED) is 0.119. The molecule has 0 bridgehead atoms. The van der Waals surface area contributed by atoms with Crippen LogP contribution in [0.4, 0.5) is 10.1 Å². The molecule has 1 saturated carbocycles. The Balaban J connectivity index is 1.35. The Bertz CT molecular complexity index is 1970. The number of rotatable bonds is 10. The fourth-order valence-electron chi connectivity index (χ4n) is 8.76. The number of carbonyl (C=O) groups is 5. The normalized spacial score (nSPS) is 26.9. The lowest BCUT2D eigenvalue weighted by molar-refractivity contribution is -0.141. The lowest BCUT2D eigenvalue weighted by Gasteiger charge is -2.50. The van der Waals surface area contributed by atoms with Crippen LogP contribution in [0.5, 0.6) is 5.75 Å². The summed E-state index contributed by atoms with van der Waals surface area (Å²) in [4.78, 5) is 70.0. The van der Waals surface area contributed by atoms with Crippen LogP contribution in [0.15, 0.2) is 82.9 Å². The lowest BCUT2D eigenvalue weighted by atomic mass is 9.49. The van der Waals surface area contributed by atoms with Crippen molar-refractivity contribution in [2.24, 2.45) is 23.7 Å². The molecule has 0 spiro atoms. The Kier molecular flexibility index (Phi) is 9.26. The number of phenolic OH excluding ortho intramolecular Hbond substituents is 1. The number of aliphatic carboxylic acids is 1. The van der Waals surface area contributed by atoms with Crippen molar-refractivity contribution >= 4 is 62.8 Å². The number of halogens is 3. The molecule has 3 fully saturated rings. The number of nitrogens with one attached hydrogen (secondary N) is 1. The van der Waals surface area contributed by atoms with Gasteiger partial charge in [0, 0.05) is 33.9 Å². The van der Waals surface area contributed by atoms with Crippen LogP contribution in [0.2, 0.25) is 5.02 Å². The number of hydrazine groups is 1. The zero-order valence-electron chi connectivity index (χ0n) is 27.2. The van der Waals surface area contributed by atoms with E-state index in [0.717, 1.165) is 5.01 Å². The van der Waals surface area contributed by atoms with Crippen molar-refractivity contribution in [3.8, 4) is 5.75 Å². The number of phenols is 1. The average Bonchev–Trinajstić information content (AvgIpc) is 3.47. The molecule has 2 aliphatic heterocycles. The van der Waals surface area contributed by atoms with Crippen molar-refractivity contribution in [2.75, 3.05) is 12.0 Å². The van der Waals surface area contributed by atoms with Crippen LogP contribution in [0.25, 0.3) is 0 Å². The molecule has 4 amide bonds. The van der Waals surface area contributed by atoms with Gasteiger partial charge in [0.2, 0.25) is 11.8 Å². The molecule has 264 valence electrons. The number of allylic oxidation sites excluding steroid dienone is 2. The number of hydrogen-bond donors (Lipinski definition) is 3. The van der Waals surface area contributed by atoms with Gasteiger partial charge in [0.25, 0.3) is 11.8 Å². The monoisotopic (exact) mass is 777 g/mol. The maximum atomic E-state index is 15.1. The first-order valence-electron chi connectivity index (χ1n) is 16.9. The van der Waals surface area contributed by atoms with Crippen molar-refractivity contribution in [1.82, 2.24) is 9.91 Å². The first-order chi connectivity index (χ1) is 24.4. The van der Waals surface area contributed by atoms with Crippen LogP contribution in [-0.4, -0.2) is 56.3 Å². The van der Waals surface area contributed by atoms with E-state index in [2.05, 4.69) is 21.4 Å². The predicted molar refractivity (Wildman–Crippen MR) is 188 cm³/mol. The van der Waals surface area contributed by atoms with Crippen LogP contribution < -0.4 is 5.43 Å². The number of benzene rings is 3. The number of likely N-dealkylation sites (tertiary alicyclic amines) is 1. The van der Waals surface area contributed by atoms with Crippen LogP contribution in [0.3, 0.4) is 0 Å². The second-order valence-electron chi connectivity index (χ2n) is 13.6. The first kappa shape index (κ1) is 34.9. The van der Waals surface area contributed by atoms with E-state index in [1.165, 1.54) is 35.2 Å². The predicted octanol–water partition coefficient (Wildman–Crippen LogP) is 6.58. The summed E-state index contributed by atoms with van der Waals surface area (Å²) in [6, 6.07) is 16.8. The number of anilines is 1. The van der Waals surface area contributed by atoms with Gasteiger partial charge in [-0.15, -0.1) is 0 Å². The topological polar surface area (TPSA) is 144 Å². The van der Waals surface area contributed by atoms with Gasteiger partial charge in [0.15, 0.2) is 0 Å². The number of nitrogens with zero attached hydrogens (tertiary/aromatic N) is 2. The van der Waals surface area contributed by atoms with Gasteiger partial charge in [-0.25, -0.2) is 4.39 Å². The molecule has 3 aromatic carbocycles. The summed E-state index contributed by atoms with van der Waals surface area (Å²) >= 11 is 9.84. The molecule has 3 aromatic rings. The molecule has 0 aromatic heterocycles. The van der Waals surface area contributed by atoms with Gasteiger partial charge in [0.05, 0.1) is 28.9 Å². The van der Waals surface area contributed by atoms with Crippen molar-refractivity contribution in [2.45, 2.75) is 49.9 Å². The number of imide groups is 2. The molecule has 7 rings (SSSR count). The average molecular weight is 779 g/mol. The number of unbranched alkanes of at least 4 members (excludes halogenated alkanes) is 2. The van der Waals surface area contributed by atoms with Crippen molar-refractivity contribution in [3.05, 3.63) is 105 Å². The van der Waals surface area contributed by atoms with Gasteiger partial charge in [0.1, 0.15) is 11.6 Å². The fraction of sp³-hybridized carbons (Fsp3) is 0.342. The van der Waals surface area contributed by atoms with Crippen molar-refractivity contribution in [1.29, 1.82) is 0 Å². The number of amides is 4. The van der Waals surface area contributed by atoms with E-state index in [0.29, 0.717) is 51.1 Å². The molecule has 3 N–H and O–H groups in total. The zero-order valence-corrected chi connectivity index (χ0v) is 29.6. The maximum absolute atomic E-state index is 15.1. The summed E-state index contributed by atoms with van der Waals surface area (Å²) in [5, 5.41) is 21.8. The number of hydrogen-bond acceptors (Lipinski definition) is 7. The second-order valence-corrected chi connectivity index (χ2v) is 15.0. The highest BCUT2D eigenvalue weighted by atomic mass is 79.9. The molecule has 4 aliphatic rings. The van der Waals surface area contributed by atoms with Crippen LogP contribution in [0.1, 0.15) is 55.6 Å². The number of carbonyl (C=O) groups excluding carboxylic acids is 4. The van der Waals surface area contributed by atoms with Crippen molar-refractivity contribution in [3.63, 3.8) is 0 Å². The maximum Gasteiger partial charge on any atom is 0.303 e. The highest BCUT2D eigenvalue weighted by molar-refractivity contribution is 9.10. The fourth-order valence-corrected chi connectivity index (χ4v) is 9.27. The minimum absolute atomic E-state index is 0.00285. The summed E-state index contributed by atoms with van der Waals surface area (Å²) in [5.41, 5.74) is 3.14. The number of aromatic hydroxyl groups is 1. The number of carboxylic acids is 1. The summed E-state index contributed by atoms with van der Waals surface area (Å²) in [6.45, 7) is 0.160. The molecule has 51 heavy (non-hydrogen) atoms. The highest BCUT2D eigenvalue weighted by Gasteiger charge is 2.70. The lowest BCUT2D eigenvalue weighted by Crippen LogP contribution is -2.53. The van der Waals surface area contributed by atoms with E-state index in [-0.39, 0.29) is 43.4 Å². The summed E-state index contributed by atoms with van der Waals surface area (Å²) in [5.74, 6) is -7.38. The van der Waals surface area contributed by atoms with Gasteiger partial charge in [-0.05, 0) is 91.8 Å². The van der Waals surface area contributed by atoms with Crippen LogP contribution in [0, 0.1) is 29.5 Å². The van der Waals surface area contributed by atoms with E-state index in [1.54, 1.807) is 36.4 Å². The van der Waals surface area contributed by atoms with Crippen LogP contribution in [-0.2, 0) is 29.4 Å². The van der Waals surface area contributed by atoms with E-state index in [4.69, 9.17) is 16.7 Å². The molecule has 0 unspecified atom stereocenters. The summed E-state index contributed by atoms with van der Waals surface area (Å²) < 4.78 is 14.4. The van der Waals surface area contributed by atoms with Gasteiger partial charge in [-0.3, -0.25) is 34.3 Å². The smallest absolute Gasteiger partial charge is 0.303 e. The van der Waals surface area contributed by atoms with Gasteiger partial charge in [-0.1, -0.05) is 57.7 Å². The summed E-state index contributed by atoms with van der Waals surface area (Å²) in [6.07, 6.45) is 3.63. The molecule has 2 aliphatic carbocycles. The van der Waals surface area contributed by atoms with Gasteiger partial charge >= 0.3 is 5.97 Å². The van der Waals surface area contributed by atoms with E-state index < -0.39 is 58.6 Å². The van der Waals surface area contributed by atoms with Gasteiger partial charge < -0.3 is 10.2 Å². The third-order valence-corrected chi connectivity index (χ3v) is 11.7. The molecule has 2 heterocycles. The first-order valence-corrected chi connectivity index (χ1v) is 18.0. The minimum Gasteiger partial charge on any atom is -0.508 e. The van der Waals surface area contributed by atoms with E-state index in [1.807, 2.05) is 6.08 Å². The minimum atomic E-state index is -1.61. The van der Waals surface area contributed by atoms with Crippen molar-refractivity contribution < 1.29 is 38.6 Å². The summed E-state index contributed by atoms with van der Waals surface area (Å²) in [7, 11) is 0. The number of carboxylic acid groups (broad SMARTS) is 1. The molecule has 13 heteroatoms. The largest absolute Gasteiger partial charge is 0.508 e. The SMILES string of the molecule is O=C(O)CCCCCN1C(=O)[C@H]2[C@H](CC=C3[C@H]2C[C@H]2C(=O)N(Nc4ccc(F)cc4)C(=O)[C@@]2(c2ccc(Cl)cc2)[C@H]3c2cc(Br)ccc2O)C1=O. The Labute approximate surface area is 306 Å². The third-order valence-electron chi connectivity index (χ3n) is 10.9.